The van der Waals surface area contributed by atoms with Gasteiger partial charge in [-0.3, -0.25) is 0 Å². The number of thiazole rings is 1. The third kappa shape index (κ3) is 7.53. The molecule has 0 bridgehead atoms. The molecule has 0 N–H and O–H groups in total. The molecule has 0 amide bonds. The van der Waals surface area contributed by atoms with Gasteiger partial charge in [-0.2, -0.15) is 4.57 Å². The molecule has 0 fully saturated rings. The Balaban J connectivity index is 0.000000218. The van der Waals surface area contributed by atoms with Crippen LogP contribution in [-0.4, -0.2) is 0 Å². The Morgan fingerprint density at radius 3 is 2.09 bits per heavy atom. The molecule has 2 heteroatoms. The summed E-state index contributed by atoms with van der Waals surface area (Å²) in [5.41, 5.74) is 2.10. The van der Waals surface area contributed by atoms with Crippen LogP contribution in [0.4, 0.5) is 0 Å². The van der Waals surface area contributed by atoms with E-state index in [9.17, 15) is 0 Å². The number of aryl methyl sites for hydroxylation is 1. The Morgan fingerprint density at radius 1 is 1.36 bits per heavy atom. The molecule has 0 saturated carbocycles. The molecule has 0 aromatic carbocycles. The average molecular weight is 172 g/mol. The van der Waals surface area contributed by atoms with E-state index in [4.69, 9.17) is 0 Å². The van der Waals surface area contributed by atoms with Crippen molar-refractivity contribution >= 4 is 11.3 Å². The molecular weight excluding hydrogens is 154 g/mol. The lowest BCUT2D eigenvalue weighted by Gasteiger charge is -1.79. The van der Waals surface area contributed by atoms with Crippen molar-refractivity contribution in [1.29, 1.82) is 0 Å². The lowest BCUT2D eigenvalue weighted by molar-refractivity contribution is -0.688. The van der Waals surface area contributed by atoms with Crippen LogP contribution in [0.3, 0.4) is 0 Å². The topological polar surface area (TPSA) is 3.88 Å². The minimum absolute atomic E-state index is 0.833. The molecular formula is C9H18NS+. The van der Waals surface area contributed by atoms with E-state index in [0.29, 0.717) is 0 Å². The molecule has 1 aromatic heterocycles. The minimum Gasteiger partial charge on any atom is -0.196 e. The van der Waals surface area contributed by atoms with Crippen LogP contribution in [0.2, 0.25) is 0 Å². The third-order valence-electron chi connectivity index (χ3n) is 0.892. The van der Waals surface area contributed by atoms with Gasteiger partial charge in [0.05, 0.1) is 5.38 Å². The lowest BCUT2D eigenvalue weighted by atomic mass is 10.3. The summed E-state index contributed by atoms with van der Waals surface area (Å²) in [7, 11) is 0. The quantitative estimate of drug-likeness (QED) is 0.573. The first-order valence-electron chi connectivity index (χ1n) is 4.08. The van der Waals surface area contributed by atoms with E-state index in [1.54, 1.807) is 11.3 Å². The van der Waals surface area contributed by atoms with E-state index in [1.807, 2.05) is 0 Å². The maximum absolute atomic E-state index is 2.17. The molecule has 64 valence electrons. The Labute approximate surface area is 73.7 Å². The molecule has 0 unspecified atom stereocenters. The van der Waals surface area contributed by atoms with Crippen LogP contribution < -0.4 is 4.57 Å². The summed E-state index contributed by atoms with van der Waals surface area (Å²) in [6.07, 6.45) is 2.07. The zero-order valence-electron chi connectivity index (χ0n) is 7.87. The smallest absolute Gasteiger partial charge is 0.196 e. The predicted octanol–water partition coefficient (Wildman–Crippen LogP) is 2.72. The van der Waals surface area contributed by atoms with E-state index in [0.717, 1.165) is 12.5 Å². The van der Waals surface area contributed by atoms with Crippen molar-refractivity contribution in [2.24, 2.45) is 5.92 Å². The van der Waals surface area contributed by atoms with Crippen LogP contribution >= 0.6 is 11.3 Å². The van der Waals surface area contributed by atoms with Gasteiger partial charge < -0.3 is 0 Å². The number of aromatic nitrogens is 1. The highest BCUT2D eigenvalue weighted by atomic mass is 32.1. The van der Waals surface area contributed by atoms with Crippen molar-refractivity contribution in [1.82, 2.24) is 0 Å². The fourth-order valence-corrected chi connectivity index (χ4v) is 1.11. The molecule has 1 nitrogen and oxygen atoms in total. The summed E-state index contributed by atoms with van der Waals surface area (Å²) in [5, 5.41) is 2.07. The molecule has 11 heavy (non-hydrogen) atoms. The van der Waals surface area contributed by atoms with E-state index in [1.165, 1.54) is 0 Å². The molecule has 0 atom stereocenters. The molecule has 0 spiro atoms. The van der Waals surface area contributed by atoms with Crippen molar-refractivity contribution in [3.63, 3.8) is 0 Å². The summed E-state index contributed by atoms with van der Waals surface area (Å²) < 4.78 is 2.14. The Hall–Kier alpha value is -0.370. The van der Waals surface area contributed by atoms with Crippen molar-refractivity contribution in [2.45, 2.75) is 34.2 Å². The van der Waals surface area contributed by atoms with Gasteiger partial charge in [0.15, 0.2) is 6.20 Å². The first-order chi connectivity index (χ1) is 5.16. The van der Waals surface area contributed by atoms with Crippen LogP contribution in [0.25, 0.3) is 0 Å². The first-order valence-corrected chi connectivity index (χ1v) is 5.02. The highest BCUT2D eigenvalue weighted by Gasteiger charge is 1.89. The monoisotopic (exact) mass is 172 g/mol. The highest BCUT2D eigenvalue weighted by Crippen LogP contribution is 1.85. The third-order valence-corrected chi connectivity index (χ3v) is 1.56. The molecule has 1 heterocycles. The van der Waals surface area contributed by atoms with Gasteiger partial charge in [0.2, 0.25) is 5.51 Å². The SMILES string of the molecule is CC(C)C.CC[n+]1ccsc1. The van der Waals surface area contributed by atoms with E-state index in [2.05, 4.69) is 49.3 Å². The second-order valence-corrected chi connectivity index (χ2v) is 3.84. The van der Waals surface area contributed by atoms with Crippen LogP contribution in [0.1, 0.15) is 27.7 Å². The Bertz CT molecular complexity index is 153. The van der Waals surface area contributed by atoms with Crippen molar-refractivity contribution in [3.05, 3.63) is 17.1 Å². The van der Waals surface area contributed by atoms with Gasteiger partial charge in [-0.25, -0.2) is 0 Å². The maximum Gasteiger partial charge on any atom is 0.224 e. The summed E-state index contributed by atoms with van der Waals surface area (Å²) in [4.78, 5) is 0. The Kier molecular flexibility index (Phi) is 6.13. The minimum atomic E-state index is 0.833. The molecule has 1 aromatic rings. The lowest BCUT2D eigenvalue weighted by Crippen LogP contribution is -2.27. The van der Waals surface area contributed by atoms with E-state index < -0.39 is 0 Å². The molecule has 0 saturated heterocycles. The summed E-state index contributed by atoms with van der Waals surface area (Å²) >= 11 is 1.73. The fourth-order valence-electron chi connectivity index (χ4n) is 0.442. The number of hydrogen-bond donors (Lipinski definition) is 0. The van der Waals surface area contributed by atoms with E-state index >= 15 is 0 Å². The first kappa shape index (κ1) is 10.6. The predicted molar refractivity (Wildman–Crippen MR) is 50.7 cm³/mol. The van der Waals surface area contributed by atoms with Crippen LogP contribution in [0, 0.1) is 5.92 Å². The summed E-state index contributed by atoms with van der Waals surface area (Å²) in [5.74, 6) is 0.833. The van der Waals surface area contributed by atoms with Gasteiger partial charge in [-0.15, -0.1) is 0 Å². The number of hydrogen-bond acceptors (Lipinski definition) is 1. The fraction of sp³-hybridized carbons (Fsp3) is 0.667. The van der Waals surface area contributed by atoms with Crippen molar-refractivity contribution < 1.29 is 4.57 Å². The average Bonchev–Trinajstić information content (AvgIpc) is 2.36. The number of nitrogens with zero attached hydrogens (tertiary/aromatic N) is 1. The normalized spacial score (nSPS) is 9.18. The molecule has 1 rings (SSSR count). The van der Waals surface area contributed by atoms with Crippen LogP contribution in [0.5, 0.6) is 0 Å². The van der Waals surface area contributed by atoms with Gasteiger partial charge >= 0.3 is 0 Å². The van der Waals surface area contributed by atoms with Gasteiger partial charge in [0.1, 0.15) is 6.54 Å². The Morgan fingerprint density at radius 2 is 1.91 bits per heavy atom. The van der Waals surface area contributed by atoms with Gasteiger partial charge in [-0.05, 0) is 12.8 Å². The van der Waals surface area contributed by atoms with Crippen LogP contribution in [-0.2, 0) is 6.54 Å². The largest absolute Gasteiger partial charge is 0.224 e. The highest BCUT2D eigenvalue weighted by molar-refractivity contribution is 7.07. The molecule has 0 radical (unpaired) electrons. The van der Waals surface area contributed by atoms with Crippen LogP contribution in [0.15, 0.2) is 17.1 Å². The zero-order chi connectivity index (χ0) is 8.69. The molecule has 0 aliphatic carbocycles. The second kappa shape index (κ2) is 6.35. The maximum atomic E-state index is 2.17. The van der Waals surface area contributed by atoms with Gasteiger partial charge in [0.25, 0.3) is 0 Å². The zero-order valence-corrected chi connectivity index (χ0v) is 8.69. The van der Waals surface area contributed by atoms with Gasteiger partial charge in [0, 0.05) is 0 Å². The molecule has 0 aliphatic heterocycles. The number of rotatable bonds is 1. The molecule has 0 aliphatic rings. The second-order valence-electron chi connectivity index (χ2n) is 3.09. The summed E-state index contributed by atoms with van der Waals surface area (Å²) in [6, 6.07) is 0. The van der Waals surface area contributed by atoms with Crippen molar-refractivity contribution in [3.8, 4) is 0 Å². The summed E-state index contributed by atoms with van der Waals surface area (Å²) in [6.45, 7) is 9.72. The standard InChI is InChI=1S/C5H8NS.C4H10/c1-2-6-3-4-7-5-6;1-4(2)3/h3-5H,2H2,1H3;4H,1-3H3/q+1;. The van der Waals surface area contributed by atoms with Crippen molar-refractivity contribution in [2.75, 3.05) is 0 Å². The van der Waals surface area contributed by atoms with E-state index in [-0.39, 0.29) is 0 Å². The van der Waals surface area contributed by atoms with Gasteiger partial charge in [-0.1, -0.05) is 32.1 Å².